The van der Waals surface area contributed by atoms with E-state index in [1.807, 2.05) is 0 Å². The first-order valence-electron chi connectivity index (χ1n) is 6.64. The maximum atomic E-state index is 12.9. The molecule has 0 aromatic heterocycles. The topological polar surface area (TPSA) is 50.4 Å². The van der Waals surface area contributed by atoms with Gasteiger partial charge in [0.25, 0.3) is 5.91 Å². The number of carbonyl (C=O) groups excluding carboxylic acids is 1. The molecule has 2 N–H and O–H groups in total. The fourth-order valence-electron chi connectivity index (χ4n) is 2.21. The van der Waals surface area contributed by atoms with E-state index in [0.717, 1.165) is 25.6 Å². The second-order valence-corrected chi connectivity index (χ2v) is 5.41. The number of hydrogen-bond acceptors (Lipinski definition) is 3. The van der Waals surface area contributed by atoms with E-state index in [0.29, 0.717) is 11.7 Å². The highest BCUT2D eigenvalue weighted by molar-refractivity contribution is 6.32. The van der Waals surface area contributed by atoms with Crippen LogP contribution in [0, 0.1) is 11.7 Å². The Balaban J connectivity index is 1.82. The van der Waals surface area contributed by atoms with Crippen LogP contribution in [0.3, 0.4) is 0 Å². The first kappa shape index (κ1) is 15.1. The lowest BCUT2D eigenvalue weighted by atomic mass is 9.95. The van der Waals surface area contributed by atoms with Gasteiger partial charge in [0.1, 0.15) is 11.6 Å². The molecule has 2 atom stereocenters. The maximum absolute atomic E-state index is 12.9. The molecule has 0 saturated carbocycles. The van der Waals surface area contributed by atoms with Gasteiger partial charge in [0.05, 0.1) is 5.02 Å². The number of hydrogen-bond donors (Lipinski definition) is 2. The third-order valence-electron chi connectivity index (χ3n) is 3.38. The molecule has 1 amide bonds. The van der Waals surface area contributed by atoms with Gasteiger partial charge in [-0.05, 0) is 43.6 Å². The minimum atomic E-state index is -0.435. The van der Waals surface area contributed by atoms with Crippen molar-refractivity contribution in [3.8, 4) is 5.75 Å². The van der Waals surface area contributed by atoms with Crippen molar-refractivity contribution in [1.82, 2.24) is 10.6 Å². The van der Waals surface area contributed by atoms with Gasteiger partial charge in [-0.2, -0.15) is 0 Å². The lowest BCUT2D eigenvalue weighted by Crippen LogP contribution is -2.49. The lowest BCUT2D eigenvalue weighted by molar-refractivity contribution is -0.124. The molecular weight excluding hydrogens is 283 g/mol. The van der Waals surface area contributed by atoms with Gasteiger partial charge in [-0.3, -0.25) is 4.79 Å². The van der Waals surface area contributed by atoms with E-state index >= 15 is 0 Å². The van der Waals surface area contributed by atoms with Crippen molar-refractivity contribution in [2.75, 3.05) is 19.7 Å². The van der Waals surface area contributed by atoms with Crippen molar-refractivity contribution in [3.05, 3.63) is 29.0 Å². The summed E-state index contributed by atoms with van der Waals surface area (Å²) >= 11 is 5.82. The Morgan fingerprint density at radius 1 is 1.60 bits per heavy atom. The summed E-state index contributed by atoms with van der Waals surface area (Å²) in [5.74, 6) is 0.0724. The lowest BCUT2D eigenvalue weighted by Gasteiger charge is -2.30. The second-order valence-electron chi connectivity index (χ2n) is 5.01. The van der Waals surface area contributed by atoms with Gasteiger partial charge in [0.15, 0.2) is 6.61 Å². The molecule has 2 rings (SSSR count). The summed E-state index contributed by atoms with van der Waals surface area (Å²) in [5.41, 5.74) is 0. The third-order valence-corrected chi connectivity index (χ3v) is 3.68. The van der Waals surface area contributed by atoms with Gasteiger partial charge in [-0.1, -0.05) is 18.5 Å². The number of piperidine rings is 1. The fourth-order valence-corrected chi connectivity index (χ4v) is 2.43. The van der Waals surface area contributed by atoms with E-state index in [9.17, 15) is 9.18 Å². The molecule has 6 heteroatoms. The fraction of sp³-hybridized carbons (Fsp3) is 0.500. The van der Waals surface area contributed by atoms with Crippen LogP contribution < -0.4 is 15.4 Å². The van der Waals surface area contributed by atoms with Gasteiger partial charge in [-0.15, -0.1) is 0 Å². The SMILES string of the molecule is CC1CNCCC1NC(=O)COc1ccc(F)cc1Cl. The molecule has 1 saturated heterocycles. The van der Waals surface area contributed by atoms with Crippen LogP contribution in [-0.4, -0.2) is 31.6 Å². The molecule has 0 radical (unpaired) electrons. The highest BCUT2D eigenvalue weighted by atomic mass is 35.5. The largest absolute Gasteiger partial charge is 0.482 e. The zero-order chi connectivity index (χ0) is 14.5. The molecule has 1 aliphatic rings. The van der Waals surface area contributed by atoms with Crippen molar-refractivity contribution in [2.24, 2.45) is 5.92 Å². The molecule has 4 nitrogen and oxygen atoms in total. The van der Waals surface area contributed by atoms with Gasteiger partial charge in [0.2, 0.25) is 0 Å². The second kappa shape index (κ2) is 6.90. The minimum absolute atomic E-state index is 0.123. The average Bonchev–Trinajstić information content (AvgIpc) is 2.40. The zero-order valence-electron chi connectivity index (χ0n) is 11.3. The summed E-state index contributed by atoms with van der Waals surface area (Å²) in [6.07, 6.45) is 0.907. The van der Waals surface area contributed by atoms with E-state index < -0.39 is 5.82 Å². The summed E-state index contributed by atoms with van der Waals surface area (Å²) < 4.78 is 18.2. The van der Waals surface area contributed by atoms with Crippen molar-refractivity contribution >= 4 is 17.5 Å². The summed E-state index contributed by atoms with van der Waals surface area (Å²) in [7, 11) is 0. The summed E-state index contributed by atoms with van der Waals surface area (Å²) in [4.78, 5) is 11.8. The molecule has 1 heterocycles. The first-order valence-corrected chi connectivity index (χ1v) is 7.02. The van der Waals surface area contributed by atoms with Crippen LogP contribution in [0.1, 0.15) is 13.3 Å². The quantitative estimate of drug-likeness (QED) is 0.894. The van der Waals surface area contributed by atoms with Crippen molar-refractivity contribution < 1.29 is 13.9 Å². The number of rotatable bonds is 4. The molecule has 20 heavy (non-hydrogen) atoms. The predicted molar refractivity (Wildman–Crippen MR) is 75.5 cm³/mol. The van der Waals surface area contributed by atoms with Gasteiger partial charge >= 0.3 is 0 Å². The van der Waals surface area contributed by atoms with Crippen molar-refractivity contribution in [2.45, 2.75) is 19.4 Å². The smallest absolute Gasteiger partial charge is 0.258 e. The highest BCUT2D eigenvalue weighted by Gasteiger charge is 2.22. The molecule has 110 valence electrons. The van der Waals surface area contributed by atoms with Crippen molar-refractivity contribution in [3.63, 3.8) is 0 Å². The molecule has 1 fully saturated rings. The van der Waals surface area contributed by atoms with E-state index in [2.05, 4.69) is 17.6 Å². The van der Waals surface area contributed by atoms with Crippen LogP contribution >= 0.6 is 11.6 Å². The summed E-state index contributed by atoms with van der Waals surface area (Å²) in [5, 5.41) is 6.38. The Morgan fingerprint density at radius 3 is 3.10 bits per heavy atom. The Labute approximate surface area is 122 Å². The zero-order valence-corrected chi connectivity index (χ0v) is 12.0. The molecule has 1 aromatic rings. The Bertz CT molecular complexity index is 484. The van der Waals surface area contributed by atoms with Crippen molar-refractivity contribution in [1.29, 1.82) is 0 Å². The van der Waals surface area contributed by atoms with Crippen LogP contribution in [0.25, 0.3) is 0 Å². The third kappa shape index (κ3) is 4.08. The molecular formula is C14H18ClFN2O2. The van der Waals surface area contributed by atoms with Gasteiger partial charge in [0, 0.05) is 6.04 Å². The Hall–Kier alpha value is -1.33. The van der Waals surface area contributed by atoms with Gasteiger partial charge < -0.3 is 15.4 Å². The molecule has 0 spiro atoms. The van der Waals surface area contributed by atoms with Crippen LogP contribution in [0.15, 0.2) is 18.2 Å². The number of ether oxygens (including phenoxy) is 1. The molecule has 1 aromatic carbocycles. The minimum Gasteiger partial charge on any atom is -0.482 e. The summed E-state index contributed by atoms with van der Waals surface area (Å²) in [6.45, 7) is 3.77. The molecule has 0 aliphatic carbocycles. The standard InChI is InChI=1S/C14H18ClFN2O2/c1-9-7-17-5-4-12(9)18-14(19)8-20-13-3-2-10(16)6-11(13)15/h2-3,6,9,12,17H,4-5,7-8H2,1H3,(H,18,19). The maximum Gasteiger partial charge on any atom is 0.258 e. The van der Waals surface area contributed by atoms with Gasteiger partial charge in [-0.25, -0.2) is 4.39 Å². The Kier molecular flexibility index (Phi) is 5.20. The molecule has 2 unspecified atom stereocenters. The van der Waals surface area contributed by atoms with Crippen LogP contribution in [0.5, 0.6) is 5.75 Å². The Morgan fingerprint density at radius 2 is 2.40 bits per heavy atom. The van der Waals surface area contributed by atoms with E-state index in [1.165, 1.54) is 12.1 Å². The predicted octanol–water partition coefficient (Wildman–Crippen LogP) is 1.97. The molecule has 0 bridgehead atoms. The normalized spacial score (nSPS) is 22.4. The number of nitrogens with one attached hydrogen (secondary N) is 2. The van der Waals surface area contributed by atoms with Crippen LogP contribution in [-0.2, 0) is 4.79 Å². The number of amides is 1. The molecule has 1 aliphatic heterocycles. The number of carbonyl (C=O) groups is 1. The first-order chi connectivity index (χ1) is 9.56. The number of halogens is 2. The van der Waals surface area contributed by atoms with Crippen LogP contribution in [0.2, 0.25) is 5.02 Å². The monoisotopic (exact) mass is 300 g/mol. The highest BCUT2D eigenvalue weighted by Crippen LogP contribution is 2.24. The van der Waals surface area contributed by atoms with E-state index in [4.69, 9.17) is 16.3 Å². The average molecular weight is 301 g/mol. The summed E-state index contributed by atoms with van der Waals surface area (Å²) in [6, 6.07) is 3.98. The number of benzene rings is 1. The van der Waals surface area contributed by atoms with E-state index in [1.54, 1.807) is 0 Å². The van der Waals surface area contributed by atoms with Crippen LogP contribution in [0.4, 0.5) is 4.39 Å². The van der Waals surface area contributed by atoms with E-state index in [-0.39, 0.29) is 23.6 Å².